The molecule has 3 aliphatic carbocycles. The van der Waals surface area contributed by atoms with Crippen LogP contribution in [0, 0.1) is 29.1 Å². The van der Waals surface area contributed by atoms with Gasteiger partial charge in [-0.05, 0) is 17.8 Å². The van der Waals surface area contributed by atoms with Crippen LogP contribution < -0.4 is 17.2 Å². The summed E-state index contributed by atoms with van der Waals surface area (Å²) in [5, 5.41) is 7.70. The summed E-state index contributed by atoms with van der Waals surface area (Å²) < 4.78 is 0.0729. The molecule has 0 spiro atoms. The van der Waals surface area contributed by atoms with Crippen LogP contribution in [0.1, 0.15) is 88.2 Å². The van der Waals surface area contributed by atoms with E-state index in [1.165, 1.54) is 38.5 Å². The second kappa shape index (κ2) is 9.90. The van der Waals surface area contributed by atoms with E-state index in [1.807, 2.05) is 24.3 Å². The summed E-state index contributed by atoms with van der Waals surface area (Å²) in [6, 6.07) is 6.94. The molecular weight excluding hydrogens is 450 g/mol. The first-order valence-corrected chi connectivity index (χ1v) is 14.2. The lowest BCUT2D eigenvalue weighted by atomic mass is 9.66. The number of nitrogens with zero attached hydrogens (tertiary/aromatic N) is 1. The number of nitrogens with two attached hydrogens (primary N) is 3. The molecule has 5 rings (SSSR count). The van der Waals surface area contributed by atoms with Crippen molar-refractivity contribution in [2.24, 2.45) is 40.9 Å². The molecule has 4 fully saturated rings. The zero-order valence-electron chi connectivity index (χ0n) is 21.6. The molecule has 1 aromatic rings. The Bertz CT molecular complexity index is 979. The van der Waals surface area contributed by atoms with Gasteiger partial charge < -0.3 is 17.2 Å². The number of amides is 2. The molecule has 3 saturated carbocycles. The van der Waals surface area contributed by atoms with Gasteiger partial charge >= 0.3 is 5.91 Å². The van der Waals surface area contributed by atoms with Crippen LogP contribution in [0.15, 0.2) is 24.3 Å². The lowest BCUT2D eigenvalue weighted by Gasteiger charge is -2.45. The summed E-state index contributed by atoms with van der Waals surface area (Å²) in [4.78, 5) is 27.7. The van der Waals surface area contributed by atoms with Crippen molar-refractivity contribution in [2.45, 2.75) is 95.2 Å². The van der Waals surface area contributed by atoms with Gasteiger partial charge in [0, 0.05) is 29.9 Å². The molecule has 2 amide bonds. The molecule has 1 aromatic carbocycles. The van der Waals surface area contributed by atoms with Crippen molar-refractivity contribution >= 4 is 17.6 Å². The maximum atomic E-state index is 14.7. The largest absolute Gasteiger partial charge is 0.384 e. The van der Waals surface area contributed by atoms with E-state index >= 15 is 0 Å². The van der Waals surface area contributed by atoms with E-state index in [9.17, 15) is 9.59 Å². The lowest BCUT2D eigenvalue weighted by Crippen LogP contribution is -2.68. The number of piperidine rings is 1. The van der Waals surface area contributed by atoms with Crippen LogP contribution in [0.3, 0.4) is 0 Å². The quantitative estimate of drug-likeness (QED) is 0.249. The summed E-state index contributed by atoms with van der Waals surface area (Å²) in [5.74, 6) is 1.06. The van der Waals surface area contributed by atoms with Gasteiger partial charge in [-0.25, -0.2) is 9.28 Å². The third-order valence-corrected chi connectivity index (χ3v) is 10.4. The number of quaternary nitrogens is 1. The van der Waals surface area contributed by atoms with Crippen LogP contribution in [-0.4, -0.2) is 40.3 Å². The van der Waals surface area contributed by atoms with Crippen LogP contribution in [-0.2, 0) is 16.1 Å². The molecule has 4 atom stereocenters. The number of hydrogen-bond donors (Lipinski definition) is 4. The Kier molecular flexibility index (Phi) is 6.98. The normalized spacial score (nSPS) is 31.7. The van der Waals surface area contributed by atoms with Gasteiger partial charge in [0.2, 0.25) is 0 Å². The summed E-state index contributed by atoms with van der Waals surface area (Å²) >= 11 is 0. The standard InChI is InChI=1S/C29H43N5O2/c30-25(24(20-7-3-1-4-8-20)21-9-5-2-6-10-21)27(35)34(16-15-23-17-29(23,34)28(33)36)18-19-11-13-22(14-12-19)26(31)32/h11-14,20-21,23-25H,1-10,15-18,30H2,(H4-,31,32,33,36)/p+1/t23-,25-,29+,34?/m1/s1. The third kappa shape index (κ3) is 4.18. The predicted octanol–water partition coefficient (Wildman–Crippen LogP) is 3.57. The van der Waals surface area contributed by atoms with Gasteiger partial charge in [0.25, 0.3) is 5.91 Å². The van der Waals surface area contributed by atoms with Crippen molar-refractivity contribution in [1.29, 1.82) is 5.41 Å². The van der Waals surface area contributed by atoms with Gasteiger partial charge in [0.05, 0.1) is 6.54 Å². The molecule has 1 aliphatic heterocycles. The van der Waals surface area contributed by atoms with Crippen molar-refractivity contribution < 1.29 is 14.1 Å². The minimum absolute atomic E-state index is 0.0170. The van der Waals surface area contributed by atoms with E-state index in [-0.39, 0.29) is 34.0 Å². The first-order valence-electron chi connectivity index (χ1n) is 14.2. The molecule has 196 valence electrons. The summed E-state index contributed by atoms with van der Waals surface area (Å²) in [6.07, 6.45) is 13.6. The monoisotopic (exact) mass is 494 g/mol. The Morgan fingerprint density at radius 2 is 1.47 bits per heavy atom. The number of rotatable bonds is 8. The highest BCUT2D eigenvalue weighted by atomic mass is 16.2. The number of amidine groups is 1. The van der Waals surface area contributed by atoms with Crippen LogP contribution in [0.4, 0.5) is 0 Å². The molecule has 1 heterocycles. The van der Waals surface area contributed by atoms with Crippen LogP contribution in [0.5, 0.6) is 0 Å². The molecule has 4 aliphatic rings. The zero-order chi connectivity index (χ0) is 25.5. The molecule has 7 N–H and O–H groups in total. The van der Waals surface area contributed by atoms with Crippen LogP contribution in [0.25, 0.3) is 0 Å². The Balaban J connectivity index is 1.50. The van der Waals surface area contributed by atoms with Gasteiger partial charge in [-0.1, -0.05) is 88.5 Å². The van der Waals surface area contributed by atoms with Crippen LogP contribution in [0.2, 0.25) is 0 Å². The van der Waals surface area contributed by atoms with Crippen LogP contribution >= 0.6 is 0 Å². The molecular formula is C29H44N5O2+. The Morgan fingerprint density at radius 3 is 1.94 bits per heavy atom. The molecule has 7 heteroatoms. The highest BCUT2D eigenvalue weighted by molar-refractivity contribution is 5.95. The first-order chi connectivity index (χ1) is 17.3. The van der Waals surface area contributed by atoms with Crippen molar-refractivity contribution in [3.8, 4) is 0 Å². The molecule has 0 aromatic heterocycles. The van der Waals surface area contributed by atoms with Crippen molar-refractivity contribution in [3.05, 3.63) is 35.4 Å². The highest BCUT2D eigenvalue weighted by Gasteiger charge is 2.79. The fourth-order valence-corrected chi connectivity index (χ4v) is 8.44. The van der Waals surface area contributed by atoms with Gasteiger partial charge in [-0.3, -0.25) is 10.2 Å². The molecule has 0 bridgehead atoms. The number of primary amides is 1. The minimum Gasteiger partial charge on any atom is -0.384 e. The smallest absolute Gasteiger partial charge is 0.331 e. The average Bonchev–Trinajstić information content (AvgIpc) is 3.56. The number of benzene rings is 1. The number of nitrogen functional groups attached to an aromatic ring is 1. The Morgan fingerprint density at radius 1 is 0.917 bits per heavy atom. The van der Waals surface area contributed by atoms with Crippen molar-refractivity contribution in [1.82, 2.24) is 0 Å². The molecule has 7 nitrogen and oxygen atoms in total. The van der Waals surface area contributed by atoms with Crippen molar-refractivity contribution in [2.75, 3.05) is 6.54 Å². The number of carbonyl (C=O) groups is 2. The summed E-state index contributed by atoms with van der Waals surface area (Å²) in [7, 11) is 0. The van der Waals surface area contributed by atoms with E-state index in [1.54, 1.807) is 0 Å². The van der Waals surface area contributed by atoms with Gasteiger partial charge in [-0.2, -0.15) is 0 Å². The van der Waals surface area contributed by atoms with E-state index in [4.69, 9.17) is 22.6 Å². The number of likely N-dealkylation sites (tertiary alicyclic amines) is 1. The Labute approximate surface area is 215 Å². The second-order valence-corrected chi connectivity index (χ2v) is 12.2. The number of nitrogens with one attached hydrogen (secondary N) is 1. The van der Waals surface area contributed by atoms with Gasteiger partial charge in [-0.15, -0.1) is 0 Å². The fourth-order valence-electron chi connectivity index (χ4n) is 8.44. The van der Waals surface area contributed by atoms with E-state index in [0.29, 0.717) is 36.9 Å². The Hall–Kier alpha value is -2.25. The minimum atomic E-state index is -0.822. The van der Waals surface area contributed by atoms with Crippen molar-refractivity contribution in [3.63, 3.8) is 0 Å². The molecule has 1 saturated heterocycles. The number of carbonyl (C=O) groups excluding carboxylic acids is 2. The summed E-state index contributed by atoms with van der Waals surface area (Å²) in [5.41, 5.74) is 19.6. The maximum Gasteiger partial charge on any atom is 0.331 e. The number of hydrogen-bond acceptors (Lipinski definition) is 4. The first kappa shape index (κ1) is 25.4. The van der Waals surface area contributed by atoms with E-state index < -0.39 is 11.6 Å². The number of fused-ring (bicyclic) bond motifs is 1. The van der Waals surface area contributed by atoms with E-state index in [2.05, 4.69) is 0 Å². The van der Waals surface area contributed by atoms with E-state index in [0.717, 1.165) is 37.7 Å². The lowest BCUT2D eigenvalue weighted by molar-refractivity contribution is -0.886. The molecule has 1 unspecified atom stereocenters. The molecule has 0 radical (unpaired) electrons. The second-order valence-electron chi connectivity index (χ2n) is 12.2. The zero-order valence-corrected chi connectivity index (χ0v) is 21.6. The third-order valence-electron chi connectivity index (χ3n) is 10.4. The fraction of sp³-hybridized carbons (Fsp3) is 0.690. The summed E-state index contributed by atoms with van der Waals surface area (Å²) in [6.45, 7) is 1.04. The van der Waals surface area contributed by atoms with Gasteiger partial charge in [0.15, 0.2) is 5.54 Å². The maximum absolute atomic E-state index is 14.7. The SMILES string of the molecule is N=C(N)c1ccc(C[N+]2(C(=O)[C@H](N)C(C3CCCCC3)C3CCCCC3)CC[C@@H]3C[C@@]32C(N)=O)cc1. The highest BCUT2D eigenvalue weighted by Crippen LogP contribution is 2.61. The molecule has 36 heavy (non-hydrogen) atoms. The topological polar surface area (TPSA) is 136 Å². The van der Waals surface area contributed by atoms with Gasteiger partial charge in [0.1, 0.15) is 18.4 Å². The predicted molar refractivity (Wildman–Crippen MR) is 141 cm³/mol. The average molecular weight is 495 g/mol.